The van der Waals surface area contributed by atoms with E-state index in [0.29, 0.717) is 27.9 Å². The molecule has 0 aliphatic heterocycles. The lowest BCUT2D eigenvalue weighted by Crippen LogP contribution is -1.93. The molecule has 3 aromatic rings. The third kappa shape index (κ3) is 2.99. The van der Waals surface area contributed by atoms with Crippen LogP contribution in [0.4, 0.5) is 0 Å². The lowest BCUT2D eigenvalue weighted by Gasteiger charge is -2.03. The summed E-state index contributed by atoms with van der Waals surface area (Å²) in [6, 6.07) is 6.77. The van der Waals surface area contributed by atoms with E-state index in [0.717, 1.165) is 5.56 Å². The van der Waals surface area contributed by atoms with Crippen LogP contribution >= 0.6 is 23.2 Å². The molecule has 1 aromatic carbocycles. The summed E-state index contributed by atoms with van der Waals surface area (Å²) >= 11 is 12.2. The van der Waals surface area contributed by atoms with Gasteiger partial charge in [-0.1, -0.05) is 34.4 Å². The first kappa shape index (κ1) is 13.9. The van der Waals surface area contributed by atoms with E-state index in [1.54, 1.807) is 18.2 Å². The van der Waals surface area contributed by atoms with E-state index in [2.05, 4.69) is 15.1 Å². The Morgan fingerprint density at radius 1 is 1.14 bits per heavy atom. The van der Waals surface area contributed by atoms with Gasteiger partial charge in [-0.25, -0.2) is 0 Å². The zero-order valence-corrected chi connectivity index (χ0v) is 12.1. The molecule has 0 saturated heterocycles. The highest BCUT2D eigenvalue weighted by atomic mass is 35.5. The maximum Gasteiger partial charge on any atom is 0.259 e. The molecule has 21 heavy (non-hydrogen) atoms. The quantitative estimate of drug-likeness (QED) is 0.795. The molecule has 5 nitrogen and oxygen atoms in total. The maximum absolute atomic E-state index is 9.40. The molecule has 0 bridgehead atoms. The number of nitrogens with zero attached hydrogens (tertiary/aromatic N) is 3. The van der Waals surface area contributed by atoms with Crippen LogP contribution in [-0.2, 0) is 6.42 Å². The fourth-order valence-corrected chi connectivity index (χ4v) is 2.38. The van der Waals surface area contributed by atoms with E-state index in [4.69, 9.17) is 27.7 Å². The molecule has 0 amide bonds. The van der Waals surface area contributed by atoms with Crippen LogP contribution in [0.3, 0.4) is 0 Å². The topological polar surface area (TPSA) is 72.0 Å². The van der Waals surface area contributed by atoms with Gasteiger partial charge in [0.2, 0.25) is 0 Å². The minimum Gasteiger partial charge on any atom is -0.506 e. The summed E-state index contributed by atoms with van der Waals surface area (Å²) in [4.78, 5) is 8.12. The Kier molecular flexibility index (Phi) is 3.77. The largest absolute Gasteiger partial charge is 0.506 e. The highest BCUT2D eigenvalue weighted by molar-refractivity contribution is 6.36. The lowest BCUT2D eigenvalue weighted by atomic mass is 10.1. The first-order chi connectivity index (χ1) is 10.1. The molecular formula is C14H9Cl2N3O2. The molecule has 0 spiro atoms. The van der Waals surface area contributed by atoms with Crippen molar-refractivity contribution in [2.75, 3.05) is 0 Å². The smallest absolute Gasteiger partial charge is 0.259 e. The molecule has 2 aromatic heterocycles. The SMILES string of the molecule is Oc1cncc(-c2nc(Cc3c(Cl)cccc3Cl)no2)c1. The zero-order valence-electron chi connectivity index (χ0n) is 10.6. The molecule has 106 valence electrons. The molecule has 0 unspecified atom stereocenters. The molecule has 0 saturated carbocycles. The van der Waals surface area contributed by atoms with Crippen LogP contribution in [0, 0.1) is 0 Å². The van der Waals surface area contributed by atoms with Gasteiger partial charge in [0.15, 0.2) is 5.82 Å². The fraction of sp³-hybridized carbons (Fsp3) is 0.0714. The normalized spacial score (nSPS) is 10.8. The van der Waals surface area contributed by atoms with Gasteiger partial charge >= 0.3 is 0 Å². The van der Waals surface area contributed by atoms with E-state index >= 15 is 0 Å². The predicted octanol–water partition coefficient (Wildman–Crippen LogP) is 3.73. The second-order valence-corrected chi connectivity index (χ2v) is 5.14. The van der Waals surface area contributed by atoms with Crippen LogP contribution in [0.25, 0.3) is 11.5 Å². The van der Waals surface area contributed by atoms with Crippen molar-refractivity contribution in [3.8, 4) is 17.2 Å². The van der Waals surface area contributed by atoms with Gasteiger partial charge in [-0.3, -0.25) is 4.98 Å². The van der Waals surface area contributed by atoms with Gasteiger partial charge in [-0.2, -0.15) is 4.98 Å². The van der Waals surface area contributed by atoms with Crippen LogP contribution < -0.4 is 0 Å². The number of hydrogen-bond acceptors (Lipinski definition) is 5. The lowest BCUT2D eigenvalue weighted by molar-refractivity contribution is 0.423. The number of benzene rings is 1. The van der Waals surface area contributed by atoms with Gasteiger partial charge in [-0.15, -0.1) is 0 Å². The van der Waals surface area contributed by atoms with Gasteiger partial charge in [0.05, 0.1) is 11.8 Å². The van der Waals surface area contributed by atoms with Gasteiger partial charge in [0, 0.05) is 22.7 Å². The number of halogens is 2. The molecule has 0 aliphatic carbocycles. The highest BCUT2D eigenvalue weighted by Gasteiger charge is 2.13. The molecule has 3 rings (SSSR count). The molecular weight excluding hydrogens is 313 g/mol. The van der Waals surface area contributed by atoms with Crippen molar-refractivity contribution in [1.82, 2.24) is 15.1 Å². The average Bonchev–Trinajstić information content (AvgIpc) is 2.92. The van der Waals surface area contributed by atoms with Crippen molar-refractivity contribution in [2.45, 2.75) is 6.42 Å². The Morgan fingerprint density at radius 2 is 1.90 bits per heavy atom. The Balaban J connectivity index is 1.89. The molecule has 0 aliphatic rings. The molecule has 0 atom stereocenters. The van der Waals surface area contributed by atoms with Crippen LogP contribution in [0.5, 0.6) is 5.75 Å². The predicted molar refractivity (Wildman–Crippen MR) is 78.5 cm³/mol. The Labute approximate surface area is 130 Å². The second kappa shape index (κ2) is 5.71. The van der Waals surface area contributed by atoms with Crippen LogP contribution in [0.2, 0.25) is 10.0 Å². The Morgan fingerprint density at radius 3 is 2.62 bits per heavy atom. The summed E-state index contributed by atoms with van der Waals surface area (Å²) in [5.74, 6) is 0.751. The molecule has 1 N–H and O–H groups in total. The third-order valence-corrected chi connectivity index (χ3v) is 3.54. The van der Waals surface area contributed by atoms with E-state index < -0.39 is 0 Å². The van der Waals surface area contributed by atoms with Crippen molar-refractivity contribution in [2.24, 2.45) is 0 Å². The van der Waals surface area contributed by atoms with Crippen molar-refractivity contribution in [1.29, 1.82) is 0 Å². The first-order valence-corrected chi connectivity index (χ1v) is 6.79. The van der Waals surface area contributed by atoms with E-state index in [9.17, 15) is 5.11 Å². The second-order valence-electron chi connectivity index (χ2n) is 4.32. The monoisotopic (exact) mass is 321 g/mol. The summed E-state index contributed by atoms with van der Waals surface area (Å²) in [5, 5.41) is 14.4. The standard InChI is InChI=1S/C14H9Cl2N3O2/c15-11-2-1-3-12(16)10(11)5-13-18-14(21-19-13)8-4-9(20)7-17-6-8/h1-4,6-7,20H,5H2. The highest BCUT2D eigenvalue weighted by Crippen LogP contribution is 2.27. The van der Waals surface area contributed by atoms with Crippen LogP contribution in [-0.4, -0.2) is 20.2 Å². The number of pyridine rings is 1. The average molecular weight is 322 g/mol. The van der Waals surface area contributed by atoms with Gasteiger partial charge < -0.3 is 9.63 Å². The van der Waals surface area contributed by atoms with E-state index in [1.165, 1.54) is 18.5 Å². The summed E-state index contributed by atoms with van der Waals surface area (Å²) < 4.78 is 5.16. The third-order valence-electron chi connectivity index (χ3n) is 2.84. The first-order valence-electron chi connectivity index (χ1n) is 6.03. The minimum absolute atomic E-state index is 0.0291. The number of hydrogen-bond donors (Lipinski definition) is 1. The number of aromatic nitrogens is 3. The summed E-state index contributed by atoms with van der Waals surface area (Å²) in [7, 11) is 0. The van der Waals surface area contributed by atoms with Crippen molar-refractivity contribution in [3.63, 3.8) is 0 Å². The zero-order chi connectivity index (χ0) is 14.8. The van der Waals surface area contributed by atoms with Crippen LogP contribution in [0.15, 0.2) is 41.2 Å². The number of rotatable bonds is 3. The van der Waals surface area contributed by atoms with E-state index in [1.807, 2.05) is 0 Å². The summed E-state index contributed by atoms with van der Waals surface area (Å²) in [5.41, 5.74) is 1.28. The summed E-state index contributed by atoms with van der Waals surface area (Å²) in [6.45, 7) is 0. The molecule has 7 heteroatoms. The number of aromatic hydroxyl groups is 1. The maximum atomic E-state index is 9.40. The van der Waals surface area contributed by atoms with Crippen molar-refractivity contribution >= 4 is 23.2 Å². The molecule has 2 heterocycles. The summed E-state index contributed by atoms with van der Waals surface area (Å²) in [6.07, 6.45) is 3.21. The van der Waals surface area contributed by atoms with Gasteiger partial charge in [0.25, 0.3) is 5.89 Å². The fourth-order valence-electron chi connectivity index (χ4n) is 1.85. The van der Waals surface area contributed by atoms with Crippen molar-refractivity contribution < 1.29 is 9.63 Å². The molecule has 0 radical (unpaired) electrons. The van der Waals surface area contributed by atoms with E-state index in [-0.39, 0.29) is 11.6 Å². The van der Waals surface area contributed by atoms with Gasteiger partial charge in [0.1, 0.15) is 5.75 Å². The van der Waals surface area contributed by atoms with Gasteiger partial charge in [-0.05, 0) is 23.8 Å². The Hall–Kier alpha value is -2.11. The van der Waals surface area contributed by atoms with Crippen LogP contribution in [0.1, 0.15) is 11.4 Å². The Bertz CT molecular complexity index is 769. The molecule has 0 fully saturated rings. The van der Waals surface area contributed by atoms with Crippen molar-refractivity contribution in [3.05, 3.63) is 58.1 Å². The minimum atomic E-state index is 0.0291.